The lowest BCUT2D eigenvalue weighted by atomic mass is 9.80. The second-order valence-electron chi connectivity index (χ2n) is 10.4. The van der Waals surface area contributed by atoms with E-state index in [4.69, 9.17) is 28.8 Å². The Balaban J connectivity index is 1.63. The molecular weight excluding hydrogens is 466 g/mol. The van der Waals surface area contributed by atoms with E-state index < -0.39 is 6.17 Å². The second kappa shape index (κ2) is 9.29. The van der Waals surface area contributed by atoms with Crippen molar-refractivity contribution < 1.29 is 4.79 Å². The van der Waals surface area contributed by atoms with Crippen molar-refractivity contribution >= 4 is 46.2 Å². The SMILES string of the molecule is CN1C(=O)C(NC(=S)NC2CC(C)(C)NC(C)(C)C2)N=C(c2ccccc2)c2cc(Cl)ccc21. The van der Waals surface area contributed by atoms with Crippen LogP contribution in [-0.2, 0) is 4.79 Å². The summed E-state index contributed by atoms with van der Waals surface area (Å²) in [5, 5.41) is 11.3. The molecule has 6 nitrogen and oxygen atoms in total. The van der Waals surface area contributed by atoms with E-state index in [2.05, 4.69) is 43.6 Å². The monoisotopic (exact) mass is 497 g/mol. The van der Waals surface area contributed by atoms with Gasteiger partial charge in [-0.2, -0.15) is 0 Å². The molecule has 34 heavy (non-hydrogen) atoms. The Hall–Kier alpha value is -2.48. The van der Waals surface area contributed by atoms with Gasteiger partial charge in [-0.05, 0) is 71.0 Å². The van der Waals surface area contributed by atoms with E-state index in [1.165, 1.54) is 0 Å². The Labute approximate surface area is 212 Å². The Morgan fingerprint density at radius 3 is 2.38 bits per heavy atom. The van der Waals surface area contributed by atoms with E-state index in [-0.39, 0.29) is 23.0 Å². The standard InChI is InChI=1S/C26H32ClN5OS/c1-25(2)14-18(15-26(3,4)31-25)28-24(34)30-22-23(33)32(5)20-12-11-17(27)13-19(20)21(29-22)16-9-7-6-8-10-16/h6-13,18,22,31H,14-15H2,1-5H3,(H2,28,30,34). The van der Waals surface area contributed by atoms with Crippen LogP contribution in [-0.4, -0.2) is 47.1 Å². The molecule has 2 aromatic rings. The first-order chi connectivity index (χ1) is 15.9. The molecule has 3 N–H and O–H groups in total. The predicted octanol–water partition coefficient (Wildman–Crippen LogP) is 4.25. The molecule has 0 aliphatic carbocycles. The molecule has 1 saturated heterocycles. The lowest BCUT2D eigenvalue weighted by Crippen LogP contribution is -2.63. The molecule has 1 amide bonds. The summed E-state index contributed by atoms with van der Waals surface area (Å²) in [7, 11) is 1.75. The van der Waals surface area contributed by atoms with Gasteiger partial charge in [-0.1, -0.05) is 41.9 Å². The molecular formula is C26H32ClN5OS. The minimum Gasteiger partial charge on any atom is -0.360 e. The molecule has 180 valence electrons. The summed E-state index contributed by atoms with van der Waals surface area (Å²) in [6.07, 6.45) is 0.965. The van der Waals surface area contributed by atoms with Gasteiger partial charge in [0.15, 0.2) is 5.11 Å². The quantitative estimate of drug-likeness (QED) is 0.553. The van der Waals surface area contributed by atoms with Crippen molar-refractivity contribution in [1.29, 1.82) is 0 Å². The maximum Gasteiger partial charge on any atom is 0.272 e. The van der Waals surface area contributed by atoms with Crippen LogP contribution in [0.5, 0.6) is 0 Å². The van der Waals surface area contributed by atoms with Crippen LogP contribution in [0.4, 0.5) is 5.69 Å². The minimum absolute atomic E-state index is 0.0209. The number of fused-ring (bicyclic) bond motifs is 1. The zero-order valence-corrected chi connectivity index (χ0v) is 21.8. The van der Waals surface area contributed by atoms with Gasteiger partial charge in [0.05, 0.1) is 11.4 Å². The Morgan fingerprint density at radius 1 is 1.09 bits per heavy atom. The third kappa shape index (κ3) is 5.43. The number of hydrogen-bond acceptors (Lipinski definition) is 4. The van der Waals surface area contributed by atoms with Gasteiger partial charge in [-0.3, -0.25) is 4.79 Å². The number of amides is 1. The normalized spacial score (nSPS) is 21.8. The highest BCUT2D eigenvalue weighted by atomic mass is 35.5. The lowest BCUT2D eigenvalue weighted by molar-refractivity contribution is -0.119. The number of piperidine rings is 1. The van der Waals surface area contributed by atoms with Crippen LogP contribution >= 0.6 is 23.8 Å². The van der Waals surface area contributed by atoms with Gasteiger partial charge in [0.2, 0.25) is 6.17 Å². The average Bonchev–Trinajstić information content (AvgIpc) is 2.82. The fourth-order valence-electron chi connectivity index (χ4n) is 5.24. The third-order valence-electron chi connectivity index (χ3n) is 6.24. The molecule has 2 aliphatic heterocycles. The Kier molecular flexibility index (Phi) is 6.73. The number of hydrogen-bond donors (Lipinski definition) is 3. The molecule has 2 aliphatic rings. The zero-order valence-electron chi connectivity index (χ0n) is 20.3. The van der Waals surface area contributed by atoms with Crippen molar-refractivity contribution in [3.8, 4) is 0 Å². The van der Waals surface area contributed by atoms with E-state index in [1.54, 1.807) is 18.0 Å². The third-order valence-corrected chi connectivity index (χ3v) is 6.71. The van der Waals surface area contributed by atoms with Crippen LogP contribution in [0.3, 0.4) is 0 Å². The zero-order chi connectivity index (χ0) is 24.7. The van der Waals surface area contributed by atoms with E-state index in [0.29, 0.717) is 15.8 Å². The number of carbonyl (C=O) groups is 1. The van der Waals surface area contributed by atoms with Crippen LogP contribution in [0.2, 0.25) is 5.02 Å². The molecule has 4 rings (SSSR count). The molecule has 1 fully saturated rings. The molecule has 8 heteroatoms. The van der Waals surface area contributed by atoms with Crippen molar-refractivity contribution in [2.24, 2.45) is 4.99 Å². The summed E-state index contributed by atoms with van der Waals surface area (Å²) in [5.74, 6) is -0.190. The van der Waals surface area contributed by atoms with Gasteiger partial charge >= 0.3 is 0 Å². The van der Waals surface area contributed by atoms with Gasteiger partial charge in [-0.25, -0.2) is 4.99 Å². The van der Waals surface area contributed by atoms with Crippen LogP contribution in [0.15, 0.2) is 53.5 Å². The number of anilines is 1. The topological polar surface area (TPSA) is 68.8 Å². The summed E-state index contributed by atoms with van der Waals surface area (Å²) in [5.41, 5.74) is 3.11. The Morgan fingerprint density at radius 2 is 1.74 bits per heavy atom. The number of likely N-dealkylation sites (N-methyl/N-ethyl adjacent to an activating group) is 1. The summed E-state index contributed by atoms with van der Waals surface area (Å²) in [6.45, 7) is 8.78. The van der Waals surface area contributed by atoms with Crippen molar-refractivity contribution in [2.45, 2.75) is 63.8 Å². The highest BCUT2D eigenvalue weighted by Gasteiger charge is 2.38. The number of rotatable bonds is 3. The van der Waals surface area contributed by atoms with Crippen molar-refractivity contribution in [3.63, 3.8) is 0 Å². The van der Waals surface area contributed by atoms with Gasteiger partial charge in [-0.15, -0.1) is 0 Å². The van der Waals surface area contributed by atoms with E-state index in [1.807, 2.05) is 42.5 Å². The average molecular weight is 498 g/mol. The molecule has 0 bridgehead atoms. The van der Waals surface area contributed by atoms with Crippen molar-refractivity contribution in [1.82, 2.24) is 16.0 Å². The second-order valence-corrected chi connectivity index (χ2v) is 11.3. The number of nitrogens with zero attached hydrogens (tertiary/aromatic N) is 2. The summed E-state index contributed by atoms with van der Waals surface area (Å²) in [6, 6.07) is 15.5. The molecule has 2 heterocycles. The fourth-order valence-corrected chi connectivity index (χ4v) is 5.69. The minimum atomic E-state index is -0.867. The smallest absolute Gasteiger partial charge is 0.272 e. The number of halogens is 1. The number of thiocarbonyl (C=S) groups is 1. The van der Waals surface area contributed by atoms with E-state index in [9.17, 15) is 4.79 Å². The summed E-state index contributed by atoms with van der Waals surface area (Å²) in [4.78, 5) is 19.9. The van der Waals surface area contributed by atoms with Crippen LogP contribution in [0.25, 0.3) is 0 Å². The van der Waals surface area contributed by atoms with Crippen molar-refractivity contribution in [3.05, 3.63) is 64.7 Å². The molecule has 0 aromatic heterocycles. The first-order valence-corrected chi connectivity index (χ1v) is 12.3. The fraction of sp³-hybridized carbons (Fsp3) is 0.423. The Bertz CT molecular complexity index is 1120. The van der Waals surface area contributed by atoms with Crippen LogP contribution in [0, 0.1) is 0 Å². The number of aliphatic imine (C=N–C) groups is 1. The molecule has 0 saturated carbocycles. The predicted molar refractivity (Wildman–Crippen MR) is 144 cm³/mol. The van der Waals surface area contributed by atoms with Crippen molar-refractivity contribution in [2.75, 3.05) is 11.9 Å². The lowest BCUT2D eigenvalue weighted by Gasteiger charge is -2.47. The molecule has 0 radical (unpaired) electrons. The van der Waals surface area contributed by atoms with Gasteiger partial charge in [0.25, 0.3) is 5.91 Å². The first kappa shape index (κ1) is 24.6. The highest BCUT2D eigenvalue weighted by Crippen LogP contribution is 2.30. The van der Waals surface area contributed by atoms with Gasteiger partial charge in [0.1, 0.15) is 0 Å². The molecule has 1 atom stereocenters. The van der Waals surface area contributed by atoms with Crippen LogP contribution < -0.4 is 20.9 Å². The molecule has 2 aromatic carbocycles. The molecule has 1 unspecified atom stereocenters. The van der Waals surface area contributed by atoms with E-state index >= 15 is 0 Å². The number of benzene rings is 2. The number of nitrogens with one attached hydrogen (secondary N) is 3. The number of carbonyl (C=O) groups excluding carboxylic acids is 1. The highest BCUT2D eigenvalue weighted by molar-refractivity contribution is 7.80. The first-order valence-electron chi connectivity index (χ1n) is 11.5. The summed E-state index contributed by atoms with van der Waals surface area (Å²) >= 11 is 12.0. The largest absolute Gasteiger partial charge is 0.360 e. The van der Waals surface area contributed by atoms with E-state index in [0.717, 1.165) is 29.7 Å². The maximum atomic E-state index is 13.4. The van der Waals surface area contributed by atoms with Gasteiger partial charge in [0, 0.05) is 40.3 Å². The number of benzodiazepines with no additional fused rings is 1. The van der Waals surface area contributed by atoms with Crippen LogP contribution in [0.1, 0.15) is 51.7 Å². The van der Waals surface area contributed by atoms with Gasteiger partial charge < -0.3 is 20.9 Å². The summed E-state index contributed by atoms with van der Waals surface area (Å²) < 4.78 is 0. The maximum absolute atomic E-state index is 13.4. The molecule has 0 spiro atoms.